The number of hydrogen-bond donors (Lipinski definition) is 4. The number of carbonyl (C=O) groups excluding carboxylic acids is 3. The maximum atomic E-state index is 13.7. The molecule has 3 aromatic carbocycles. The number of imidazole rings is 2. The SMILES string of the molecule is CC[C@@H](C)[C@H](N)C(=O)N1CCC[C@H]1c1ncc(-c2ccc3cc(-c4ccc(-c5cnc([C@@H]6CCCN6C(=O)[C@@H](NC(=O)OC)[C@H](C)CC)[nH]5)cc4)ccc3c2)[nH]1. The molecule has 2 aliphatic rings. The molecule has 2 saturated heterocycles. The zero-order valence-corrected chi connectivity index (χ0v) is 33.0. The number of likely N-dealkylation sites (tertiary alicyclic amines) is 2. The van der Waals surface area contributed by atoms with E-state index in [1.54, 1.807) is 0 Å². The highest BCUT2D eigenvalue weighted by molar-refractivity contribution is 5.91. The second-order valence-electron chi connectivity index (χ2n) is 15.5. The Kier molecular flexibility index (Phi) is 11.6. The zero-order valence-electron chi connectivity index (χ0n) is 33.0. The summed E-state index contributed by atoms with van der Waals surface area (Å²) in [5.41, 5.74) is 12.4. The molecule has 5 aromatic rings. The fourth-order valence-corrected chi connectivity index (χ4v) is 8.11. The summed E-state index contributed by atoms with van der Waals surface area (Å²) in [7, 11) is 1.31. The number of amides is 3. The normalized spacial score (nSPS) is 19.2. The Morgan fingerprint density at radius 3 is 1.82 bits per heavy atom. The molecule has 294 valence electrons. The Hall–Kier alpha value is -5.49. The van der Waals surface area contributed by atoms with E-state index < -0.39 is 18.2 Å². The third kappa shape index (κ3) is 7.80. The van der Waals surface area contributed by atoms with Gasteiger partial charge in [-0.2, -0.15) is 0 Å². The molecule has 0 saturated carbocycles. The van der Waals surface area contributed by atoms with Crippen molar-refractivity contribution >= 4 is 28.7 Å². The summed E-state index contributed by atoms with van der Waals surface area (Å²) < 4.78 is 4.81. The number of carbonyl (C=O) groups is 3. The van der Waals surface area contributed by atoms with Crippen LogP contribution >= 0.6 is 0 Å². The van der Waals surface area contributed by atoms with E-state index in [-0.39, 0.29) is 35.7 Å². The quantitative estimate of drug-likeness (QED) is 0.101. The fraction of sp³-hybridized carbons (Fsp3) is 0.432. The van der Waals surface area contributed by atoms with Crippen LogP contribution in [0.25, 0.3) is 44.4 Å². The van der Waals surface area contributed by atoms with Crippen LogP contribution in [0.5, 0.6) is 0 Å². The largest absolute Gasteiger partial charge is 0.453 e. The highest BCUT2D eigenvalue weighted by Gasteiger charge is 2.38. The van der Waals surface area contributed by atoms with Crippen LogP contribution in [-0.4, -0.2) is 79.9 Å². The molecule has 0 spiro atoms. The monoisotopic (exact) mass is 758 g/mol. The first-order chi connectivity index (χ1) is 27.1. The number of alkyl carbamates (subject to hydrolysis) is 1. The molecule has 0 bridgehead atoms. The topological polar surface area (TPSA) is 162 Å². The summed E-state index contributed by atoms with van der Waals surface area (Å²) in [4.78, 5) is 59.2. The number of aromatic nitrogens is 4. The third-order valence-corrected chi connectivity index (χ3v) is 12.1. The minimum Gasteiger partial charge on any atom is -0.453 e. The molecule has 0 radical (unpaired) electrons. The van der Waals surface area contributed by atoms with Crippen molar-refractivity contribution in [2.24, 2.45) is 17.6 Å². The van der Waals surface area contributed by atoms with Gasteiger partial charge >= 0.3 is 6.09 Å². The van der Waals surface area contributed by atoms with Gasteiger partial charge in [-0.25, -0.2) is 14.8 Å². The van der Waals surface area contributed by atoms with Crippen molar-refractivity contribution in [3.8, 4) is 33.6 Å². The summed E-state index contributed by atoms with van der Waals surface area (Å²) in [5, 5.41) is 5.01. The van der Waals surface area contributed by atoms with Crippen molar-refractivity contribution in [1.29, 1.82) is 0 Å². The number of hydrogen-bond acceptors (Lipinski definition) is 7. The minimum atomic E-state index is -0.663. The molecule has 0 unspecified atom stereocenters. The molecule has 5 N–H and O–H groups in total. The van der Waals surface area contributed by atoms with Crippen LogP contribution in [-0.2, 0) is 14.3 Å². The van der Waals surface area contributed by atoms with Gasteiger partial charge in [0.15, 0.2) is 0 Å². The Labute approximate surface area is 328 Å². The maximum absolute atomic E-state index is 13.7. The Bertz CT molecular complexity index is 2180. The van der Waals surface area contributed by atoms with Crippen LogP contribution in [0.15, 0.2) is 73.1 Å². The van der Waals surface area contributed by atoms with E-state index in [0.29, 0.717) is 13.1 Å². The molecule has 6 atom stereocenters. The molecule has 3 amide bonds. The second kappa shape index (κ2) is 16.7. The number of H-pyrrole nitrogens is 2. The summed E-state index contributed by atoms with van der Waals surface area (Å²) in [6, 6.07) is 19.9. The fourth-order valence-electron chi connectivity index (χ4n) is 8.11. The van der Waals surface area contributed by atoms with Gasteiger partial charge in [0.1, 0.15) is 17.7 Å². The van der Waals surface area contributed by atoms with Gasteiger partial charge in [0, 0.05) is 18.7 Å². The predicted molar refractivity (Wildman–Crippen MR) is 218 cm³/mol. The van der Waals surface area contributed by atoms with Crippen molar-refractivity contribution < 1.29 is 19.1 Å². The molecule has 12 heteroatoms. The first-order valence-electron chi connectivity index (χ1n) is 20.1. The van der Waals surface area contributed by atoms with Crippen molar-refractivity contribution in [2.45, 2.75) is 90.4 Å². The number of nitrogens with zero attached hydrogens (tertiary/aromatic N) is 4. The summed E-state index contributed by atoms with van der Waals surface area (Å²) >= 11 is 0. The number of nitrogens with one attached hydrogen (secondary N) is 3. The van der Waals surface area contributed by atoms with Crippen LogP contribution in [0, 0.1) is 11.8 Å². The number of benzene rings is 3. The number of fused-ring (bicyclic) bond motifs is 1. The Balaban J connectivity index is 1.03. The van der Waals surface area contributed by atoms with Crippen LogP contribution in [0.3, 0.4) is 0 Å². The molecule has 0 aliphatic carbocycles. The Morgan fingerprint density at radius 2 is 1.25 bits per heavy atom. The minimum absolute atomic E-state index is 0.00980. The van der Waals surface area contributed by atoms with E-state index in [1.807, 2.05) is 43.0 Å². The standard InChI is InChI=1S/C44H54N8O4/c1-6-26(3)38(45)42(53)51-20-8-10-36(51)40-47-25-35(49-40)33-19-18-31-22-30(16-17-32(31)23-33)28-12-14-29(15-13-28)34-24-46-41(48-34)37-11-9-21-52(37)43(54)39(27(4)7-2)50-44(55)56-5/h12-19,22-27,36-39H,6-11,20-21,45H2,1-5H3,(H,46,48)(H,47,49)(H,50,55)/t26-,27-,36+,37+,38+,39+/m1/s1. The molecule has 4 heterocycles. The molecule has 56 heavy (non-hydrogen) atoms. The zero-order chi connectivity index (χ0) is 39.5. The van der Waals surface area contributed by atoms with Crippen molar-refractivity contribution in [3.63, 3.8) is 0 Å². The lowest BCUT2D eigenvalue weighted by atomic mass is 9.97. The van der Waals surface area contributed by atoms with Crippen LogP contribution in [0.1, 0.15) is 90.0 Å². The van der Waals surface area contributed by atoms with Gasteiger partial charge < -0.3 is 35.6 Å². The smallest absolute Gasteiger partial charge is 0.407 e. The summed E-state index contributed by atoms with van der Waals surface area (Å²) in [6.07, 6.45) is 8.16. The highest BCUT2D eigenvalue weighted by Crippen LogP contribution is 2.36. The first kappa shape index (κ1) is 38.8. The van der Waals surface area contributed by atoms with E-state index in [9.17, 15) is 14.4 Å². The van der Waals surface area contributed by atoms with Gasteiger partial charge in [-0.15, -0.1) is 0 Å². The van der Waals surface area contributed by atoms with Crippen LogP contribution in [0.4, 0.5) is 4.79 Å². The highest BCUT2D eigenvalue weighted by atomic mass is 16.5. The number of methoxy groups -OCH3 is 1. The average Bonchev–Trinajstić information content (AvgIpc) is 4.08. The second-order valence-corrected chi connectivity index (χ2v) is 15.5. The van der Waals surface area contributed by atoms with Gasteiger partial charge in [0.05, 0.1) is 49.0 Å². The maximum Gasteiger partial charge on any atom is 0.407 e. The molecule has 2 fully saturated rings. The average molecular weight is 759 g/mol. The predicted octanol–water partition coefficient (Wildman–Crippen LogP) is 7.76. The lowest BCUT2D eigenvalue weighted by Crippen LogP contribution is -2.51. The van der Waals surface area contributed by atoms with Crippen molar-refractivity contribution in [1.82, 2.24) is 35.1 Å². The summed E-state index contributed by atoms with van der Waals surface area (Å²) in [5.74, 6) is 1.54. The summed E-state index contributed by atoms with van der Waals surface area (Å²) in [6.45, 7) is 9.38. The number of nitrogens with two attached hydrogens (primary N) is 1. The third-order valence-electron chi connectivity index (χ3n) is 12.1. The lowest BCUT2D eigenvalue weighted by Gasteiger charge is -2.30. The molecule has 2 aliphatic heterocycles. The van der Waals surface area contributed by atoms with Crippen LogP contribution < -0.4 is 11.1 Å². The van der Waals surface area contributed by atoms with E-state index in [2.05, 4.69) is 82.9 Å². The van der Waals surface area contributed by atoms with Gasteiger partial charge in [-0.05, 0) is 77.1 Å². The van der Waals surface area contributed by atoms with Gasteiger partial charge in [0.25, 0.3) is 0 Å². The van der Waals surface area contributed by atoms with Gasteiger partial charge in [-0.1, -0.05) is 89.1 Å². The molecule has 12 nitrogen and oxygen atoms in total. The molecule has 7 rings (SSSR count). The van der Waals surface area contributed by atoms with E-state index in [4.69, 9.17) is 20.4 Å². The van der Waals surface area contributed by atoms with Gasteiger partial charge in [0.2, 0.25) is 11.8 Å². The number of ether oxygens (including phenoxy) is 1. The van der Waals surface area contributed by atoms with Crippen molar-refractivity contribution in [2.75, 3.05) is 20.2 Å². The van der Waals surface area contributed by atoms with Gasteiger partial charge in [-0.3, -0.25) is 9.59 Å². The number of aromatic amines is 2. The Morgan fingerprint density at radius 1 is 0.750 bits per heavy atom. The van der Waals surface area contributed by atoms with E-state index >= 15 is 0 Å². The van der Waals surface area contributed by atoms with Crippen molar-refractivity contribution in [3.05, 3.63) is 84.7 Å². The number of rotatable bonds is 12. The van der Waals surface area contributed by atoms with E-state index in [1.165, 1.54) is 7.11 Å². The first-order valence-corrected chi connectivity index (χ1v) is 20.1. The molecular weight excluding hydrogens is 705 g/mol. The van der Waals surface area contributed by atoms with Crippen LogP contribution in [0.2, 0.25) is 0 Å². The van der Waals surface area contributed by atoms with E-state index in [0.717, 1.165) is 94.6 Å². The lowest BCUT2D eigenvalue weighted by molar-refractivity contribution is -0.136. The molecule has 2 aromatic heterocycles. The molecular formula is C44H54N8O4.